The van der Waals surface area contributed by atoms with E-state index in [0.29, 0.717) is 0 Å². The molecule has 0 unspecified atom stereocenters. The van der Waals surface area contributed by atoms with Gasteiger partial charge in [-0.25, -0.2) is 4.52 Å². The molecule has 0 aliphatic rings. The number of nitrogens with two attached hydrogens (primary N) is 1. The van der Waals surface area contributed by atoms with E-state index in [9.17, 15) is 0 Å². The molecular weight excluding hydrogens is 250 g/mol. The van der Waals surface area contributed by atoms with Gasteiger partial charge in [0.05, 0.1) is 33.2 Å². The van der Waals surface area contributed by atoms with Crippen molar-refractivity contribution in [3.05, 3.63) is 31.8 Å². The zero-order valence-electron chi connectivity index (χ0n) is 13.1. The van der Waals surface area contributed by atoms with Crippen LogP contribution in [0.3, 0.4) is 0 Å². The lowest BCUT2D eigenvalue weighted by Gasteiger charge is -2.23. The van der Waals surface area contributed by atoms with Gasteiger partial charge in [-0.2, -0.15) is 0 Å². The highest BCUT2D eigenvalue weighted by Crippen LogP contribution is 2.22. The van der Waals surface area contributed by atoms with Gasteiger partial charge < -0.3 is 23.0 Å². The number of quaternary nitrogens is 1. The number of nitrogens with zero attached hydrogens (tertiary/aromatic N) is 3. The molecule has 2 aromatic heterocycles. The van der Waals surface area contributed by atoms with Gasteiger partial charge in [-0.1, -0.05) is 6.07 Å². The molecule has 5 heteroatoms. The number of rotatable bonds is 6. The predicted octanol–water partition coefficient (Wildman–Crippen LogP) is 2.27. The summed E-state index contributed by atoms with van der Waals surface area (Å²) < 4.78 is 2.82. The quantitative estimate of drug-likeness (QED) is 0.484. The van der Waals surface area contributed by atoms with Gasteiger partial charge in [-0.05, 0) is 25.0 Å². The summed E-state index contributed by atoms with van der Waals surface area (Å²) in [7, 11) is 6.65. The summed E-state index contributed by atoms with van der Waals surface area (Å²) in [5, 5.41) is 7.76. The summed E-state index contributed by atoms with van der Waals surface area (Å²) in [4.78, 5) is 0. The van der Waals surface area contributed by atoms with Crippen LogP contribution in [0.2, 0.25) is 0 Å². The number of pyridine rings is 1. The molecule has 0 aromatic carbocycles. The maximum atomic E-state index is 6.07. The first-order chi connectivity index (χ1) is 8.97. The molecule has 3 N–H and O–H groups in total. The summed E-state index contributed by atoms with van der Waals surface area (Å²) in [6, 6.07) is 5.90. The number of unbranched alkanes of at least 4 members (excludes halogenated alkanes) is 1. The van der Waals surface area contributed by atoms with Crippen LogP contribution >= 0.6 is 0 Å². The summed E-state index contributed by atoms with van der Waals surface area (Å²) in [6.07, 6.45) is 4.24. The highest BCUT2D eigenvalue weighted by molar-refractivity contribution is 5.80. The Labute approximate surface area is 122 Å². The standard InChI is InChI=1S/C14H24N5.CH3/c1-19(2,3)11-7-5-9-16-14-13(15)12-8-4-6-10-18(12)17-14;/h4,6,8,10H,5,7,9,11,15H2,1-3H3,(H,16,17);1H3/q+1;-1. The molecule has 0 amide bonds. The van der Waals surface area contributed by atoms with E-state index in [1.807, 2.05) is 28.9 Å². The largest absolute Gasteiger partial charge is 0.394 e. The van der Waals surface area contributed by atoms with Crippen molar-refractivity contribution in [1.82, 2.24) is 9.61 Å². The van der Waals surface area contributed by atoms with Crippen molar-refractivity contribution < 1.29 is 4.48 Å². The van der Waals surface area contributed by atoms with Crippen molar-refractivity contribution in [2.75, 3.05) is 45.3 Å². The zero-order valence-corrected chi connectivity index (χ0v) is 13.1. The Balaban J connectivity index is 0.00000200. The van der Waals surface area contributed by atoms with E-state index < -0.39 is 0 Å². The van der Waals surface area contributed by atoms with Crippen LogP contribution in [0.15, 0.2) is 24.4 Å². The predicted molar refractivity (Wildman–Crippen MR) is 86.6 cm³/mol. The molecule has 0 aliphatic heterocycles. The molecule has 0 atom stereocenters. The average molecular weight is 277 g/mol. The minimum atomic E-state index is 0. The molecule has 0 saturated carbocycles. The van der Waals surface area contributed by atoms with Gasteiger partial charge in [0.2, 0.25) is 0 Å². The molecule has 0 bridgehead atoms. The van der Waals surface area contributed by atoms with Crippen molar-refractivity contribution in [2.45, 2.75) is 12.8 Å². The molecule has 2 rings (SSSR count). The Morgan fingerprint density at radius 2 is 2.00 bits per heavy atom. The van der Waals surface area contributed by atoms with E-state index >= 15 is 0 Å². The molecule has 2 aromatic rings. The maximum absolute atomic E-state index is 6.07. The second-order valence-electron chi connectivity index (χ2n) is 5.94. The summed E-state index contributed by atoms with van der Waals surface area (Å²) in [5.74, 6) is 0.788. The molecule has 112 valence electrons. The second-order valence-corrected chi connectivity index (χ2v) is 5.94. The Morgan fingerprint density at radius 1 is 1.25 bits per heavy atom. The molecular formula is C15H27N5. The summed E-state index contributed by atoms with van der Waals surface area (Å²) in [5.41, 5.74) is 7.76. The molecule has 0 fully saturated rings. The fourth-order valence-electron chi connectivity index (χ4n) is 2.07. The average Bonchev–Trinajstić information content (AvgIpc) is 2.65. The van der Waals surface area contributed by atoms with Crippen LogP contribution in [0, 0.1) is 7.43 Å². The van der Waals surface area contributed by atoms with Crippen molar-refractivity contribution in [2.24, 2.45) is 0 Å². The van der Waals surface area contributed by atoms with Crippen LogP contribution in [0.4, 0.5) is 11.5 Å². The normalized spacial score (nSPS) is 11.3. The monoisotopic (exact) mass is 277 g/mol. The van der Waals surface area contributed by atoms with E-state index in [1.54, 1.807) is 0 Å². The Kier molecular flexibility index (Phi) is 5.39. The Hall–Kier alpha value is -1.75. The van der Waals surface area contributed by atoms with Crippen LogP contribution in [-0.2, 0) is 0 Å². The molecule has 20 heavy (non-hydrogen) atoms. The topological polar surface area (TPSA) is 55.4 Å². The first kappa shape index (κ1) is 16.3. The van der Waals surface area contributed by atoms with Gasteiger partial charge in [-0.3, -0.25) is 0 Å². The SMILES string of the molecule is C[N+](C)(C)CCCCNc1nn2ccccc2c1N.[CH3-]. The van der Waals surface area contributed by atoms with E-state index in [1.165, 1.54) is 13.0 Å². The van der Waals surface area contributed by atoms with E-state index in [-0.39, 0.29) is 7.43 Å². The molecule has 0 spiro atoms. The number of anilines is 2. The molecule has 0 aliphatic carbocycles. The van der Waals surface area contributed by atoms with Crippen LogP contribution in [-0.4, -0.2) is 48.3 Å². The van der Waals surface area contributed by atoms with E-state index in [4.69, 9.17) is 5.73 Å². The Bertz CT molecular complexity index is 539. The lowest BCUT2D eigenvalue weighted by Crippen LogP contribution is -2.35. The van der Waals surface area contributed by atoms with Crippen molar-refractivity contribution in [3.63, 3.8) is 0 Å². The van der Waals surface area contributed by atoms with Crippen molar-refractivity contribution in [3.8, 4) is 0 Å². The number of hydrogen-bond acceptors (Lipinski definition) is 3. The molecule has 2 heterocycles. The van der Waals surface area contributed by atoms with Crippen molar-refractivity contribution >= 4 is 17.0 Å². The first-order valence-electron chi connectivity index (χ1n) is 6.74. The Morgan fingerprint density at radius 3 is 2.65 bits per heavy atom. The fraction of sp³-hybridized carbons (Fsp3) is 0.467. The van der Waals surface area contributed by atoms with Crippen LogP contribution in [0.5, 0.6) is 0 Å². The van der Waals surface area contributed by atoms with Gasteiger partial charge in [0, 0.05) is 12.7 Å². The summed E-state index contributed by atoms with van der Waals surface area (Å²) >= 11 is 0. The first-order valence-corrected chi connectivity index (χ1v) is 6.74. The van der Waals surface area contributed by atoms with Gasteiger partial charge in [0.15, 0.2) is 5.82 Å². The van der Waals surface area contributed by atoms with Gasteiger partial charge in [0.25, 0.3) is 0 Å². The van der Waals surface area contributed by atoms with Gasteiger partial charge in [-0.15, -0.1) is 5.10 Å². The third-order valence-corrected chi connectivity index (χ3v) is 3.13. The second kappa shape index (κ2) is 6.61. The number of aromatic nitrogens is 2. The lowest BCUT2D eigenvalue weighted by atomic mass is 10.3. The van der Waals surface area contributed by atoms with Gasteiger partial charge in [0.1, 0.15) is 5.69 Å². The fourth-order valence-corrected chi connectivity index (χ4v) is 2.07. The molecule has 0 saturated heterocycles. The summed E-state index contributed by atoms with van der Waals surface area (Å²) in [6.45, 7) is 2.09. The minimum Gasteiger partial charge on any atom is -0.394 e. The number of fused-ring (bicyclic) bond motifs is 1. The van der Waals surface area contributed by atoms with Crippen LogP contribution in [0.25, 0.3) is 5.52 Å². The number of nitrogen functional groups attached to an aromatic ring is 1. The highest BCUT2D eigenvalue weighted by atomic mass is 15.3. The molecule has 0 radical (unpaired) electrons. The number of nitrogens with one attached hydrogen (secondary N) is 1. The maximum Gasteiger partial charge on any atom is 0.172 e. The smallest absolute Gasteiger partial charge is 0.172 e. The van der Waals surface area contributed by atoms with Crippen LogP contribution in [0.1, 0.15) is 12.8 Å². The molecule has 5 nitrogen and oxygen atoms in total. The highest BCUT2D eigenvalue weighted by Gasteiger charge is 2.09. The number of hydrogen-bond donors (Lipinski definition) is 2. The minimum absolute atomic E-state index is 0. The lowest BCUT2D eigenvalue weighted by molar-refractivity contribution is -0.870. The zero-order chi connectivity index (χ0) is 13.9. The van der Waals surface area contributed by atoms with E-state index in [2.05, 4.69) is 31.6 Å². The van der Waals surface area contributed by atoms with Gasteiger partial charge >= 0.3 is 0 Å². The van der Waals surface area contributed by atoms with E-state index in [0.717, 1.165) is 34.5 Å². The third kappa shape index (κ3) is 4.13. The third-order valence-electron chi connectivity index (χ3n) is 3.13. The van der Waals surface area contributed by atoms with Crippen molar-refractivity contribution in [1.29, 1.82) is 0 Å². The van der Waals surface area contributed by atoms with Crippen LogP contribution < -0.4 is 11.1 Å².